The lowest BCUT2D eigenvalue weighted by Gasteiger charge is -2.27. The van der Waals surface area contributed by atoms with Gasteiger partial charge in [-0.15, -0.1) is 16.7 Å². The first kappa shape index (κ1) is 26.3. The quantitative estimate of drug-likeness (QED) is 0.352. The number of aromatic nitrogens is 3. The molecule has 1 heterocycles. The summed E-state index contributed by atoms with van der Waals surface area (Å²) < 4.78 is 13.0. The largest absolute Gasteiger partial charge is 0.492 e. The lowest BCUT2D eigenvalue weighted by molar-refractivity contribution is 0.0866. The summed E-state index contributed by atoms with van der Waals surface area (Å²) in [5.74, 6) is 2.08. The zero-order valence-corrected chi connectivity index (χ0v) is 21.1. The summed E-state index contributed by atoms with van der Waals surface area (Å²) >= 11 is 12.3. The Morgan fingerprint density at radius 2 is 1.76 bits per heavy atom. The van der Waals surface area contributed by atoms with E-state index in [0.717, 1.165) is 11.1 Å². The molecule has 0 aliphatic rings. The van der Waals surface area contributed by atoms with Gasteiger partial charge in [0.2, 0.25) is 0 Å². The standard InChI is InChI=1S/C25H31Cl2N3O4/c1-17(11-26)15-34-24-9-6-19(10-23(24)27)25(2,3)18-4-7-22(8-5-18)33-16-21(32)13-30-20(14-31)12-28-29-30/h4-10,12,17,21,31-32H,11,13-16H2,1-3H3/t17-,21+/m1/s1. The monoisotopic (exact) mass is 507 g/mol. The first-order chi connectivity index (χ1) is 16.2. The lowest BCUT2D eigenvalue weighted by Crippen LogP contribution is -2.25. The first-order valence-corrected chi connectivity index (χ1v) is 12.0. The van der Waals surface area contributed by atoms with E-state index in [4.69, 9.17) is 32.7 Å². The van der Waals surface area contributed by atoms with Gasteiger partial charge < -0.3 is 19.7 Å². The molecule has 3 aromatic rings. The zero-order chi connectivity index (χ0) is 24.7. The van der Waals surface area contributed by atoms with Gasteiger partial charge in [0.15, 0.2) is 0 Å². The van der Waals surface area contributed by atoms with Crippen LogP contribution in [0.2, 0.25) is 5.02 Å². The van der Waals surface area contributed by atoms with Crippen LogP contribution in [-0.2, 0) is 18.6 Å². The van der Waals surface area contributed by atoms with Crippen molar-refractivity contribution in [1.82, 2.24) is 15.0 Å². The number of ether oxygens (including phenoxy) is 2. The van der Waals surface area contributed by atoms with Crippen molar-refractivity contribution in [1.29, 1.82) is 0 Å². The third kappa shape index (κ3) is 6.63. The van der Waals surface area contributed by atoms with Crippen molar-refractivity contribution in [3.8, 4) is 11.5 Å². The molecule has 0 amide bonds. The Balaban J connectivity index is 1.61. The van der Waals surface area contributed by atoms with Gasteiger partial charge in [0, 0.05) is 17.2 Å². The minimum atomic E-state index is -0.793. The number of benzene rings is 2. The highest BCUT2D eigenvalue weighted by molar-refractivity contribution is 6.32. The van der Waals surface area contributed by atoms with E-state index in [1.54, 1.807) is 0 Å². The number of halogens is 2. The van der Waals surface area contributed by atoms with Crippen molar-refractivity contribution in [3.05, 3.63) is 70.5 Å². The average molecular weight is 508 g/mol. The van der Waals surface area contributed by atoms with Crippen LogP contribution in [0.5, 0.6) is 11.5 Å². The van der Waals surface area contributed by atoms with Gasteiger partial charge in [0.05, 0.1) is 36.7 Å². The van der Waals surface area contributed by atoms with Crippen LogP contribution in [-0.4, -0.2) is 50.4 Å². The second kappa shape index (κ2) is 11.9. The molecule has 34 heavy (non-hydrogen) atoms. The average Bonchev–Trinajstić information content (AvgIpc) is 3.28. The summed E-state index contributed by atoms with van der Waals surface area (Å²) in [5, 5.41) is 27.6. The van der Waals surface area contributed by atoms with Gasteiger partial charge >= 0.3 is 0 Å². The van der Waals surface area contributed by atoms with E-state index in [2.05, 4.69) is 24.2 Å². The van der Waals surface area contributed by atoms with Crippen molar-refractivity contribution < 1.29 is 19.7 Å². The Hall–Kier alpha value is -2.32. The highest BCUT2D eigenvalue weighted by atomic mass is 35.5. The molecule has 7 nitrogen and oxygen atoms in total. The summed E-state index contributed by atoms with van der Waals surface area (Å²) in [4.78, 5) is 0. The van der Waals surface area contributed by atoms with Crippen LogP contribution >= 0.6 is 23.2 Å². The second-order valence-corrected chi connectivity index (χ2v) is 9.61. The maximum atomic E-state index is 10.2. The van der Waals surface area contributed by atoms with Crippen molar-refractivity contribution >= 4 is 23.2 Å². The number of hydrogen-bond acceptors (Lipinski definition) is 6. The molecule has 3 rings (SSSR count). The Morgan fingerprint density at radius 3 is 2.41 bits per heavy atom. The van der Waals surface area contributed by atoms with Crippen molar-refractivity contribution in [2.45, 2.75) is 45.4 Å². The van der Waals surface area contributed by atoms with E-state index >= 15 is 0 Å². The van der Waals surface area contributed by atoms with Crippen molar-refractivity contribution in [2.75, 3.05) is 19.1 Å². The minimum absolute atomic E-state index is 0.0902. The molecule has 0 bridgehead atoms. The van der Waals surface area contributed by atoms with Crippen LogP contribution in [0.4, 0.5) is 0 Å². The van der Waals surface area contributed by atoms with E-state index in [9.17, 15) is 10.2 Å². The van der Waals surface area contributed by atoms with E-state index in [0.29, 0.717) is 34.7 Å². The molecule has 2 atom stereocenters. The third-order valence-electron chi connectivity index (χ3n) is 5.70. The van der Waals surface area contributed by atoms with Gasteiger partial charge in [-0.05, 0) is 35.4 Å². The normalized spacial score (nSPS) is 13.5. The predicted molar refractivity (Wildman–Crippen MR) is 133 cm³/mol. The van der Waals surface area contributed by atoms with Gasteiger partial charge in [-0.25, -0.2) is 4.68 Å². The Kier molecular flexibility index (Phi) is 9.19. The summed E-state index contributed by atoms with van der Waals surface area (Å²) in [6.07, 6.45) is 0.669. The number of nitrogens with zero attached hydrogens (tertiary/aromatic N) is 3. The third-order valence-corrected chi connectivity index (χ3v) is 6.52. The molecule has 184 valence electrons. The van der Waals surface area contributed by atoms with Gasteiger partial charge in [-0.2, -0.15) is 0 Å². The topological polar surface area (TPSA) is 89.6 Å². The Bertz CT molecular complexity index is 1060. The van der Waals surface area contributed by atoms with Crippen LogP contribution in [0.15, 0.2) is 48.7 Å². The van der Waals surface area contributed by atoms with E-state index < -0.39 is 6.10 Å². The second-order valence-electron chi connectivity index (χ2n) is 8.90. The van der Waals surface area contributed by atoms with Crippen LogP contribution in [0.3, 0.4) is 0 Å². The maximum Gasteiger partial charge on any atom is 0.137 e. The molecule has 2 N–H and O–H groups in total. The molecule has 9 heteroatoms. The summed E-state index contributed by atoms with van der Waals surface area (Å²) in [7, 11) is 0. The number of aliphatic hydroxyl groups excluding tert-OH is 2. The fourth-order valence-electron chi connectivity index (χ4n) is 3.42. The number of rotatable bonds is 12. The van der Waals surface area contributed by atoms with Crippen LogP contribution < -0.4 is 9.47 Å². The van der Waals surface area contributed by atoms with Crippen molar-refractivity contribution in [3.63, 3.8) is 0 Å². The molecule has 0 aliphatic carbocycles. The Morgan fingerprint density at radius 1 is 1.06 bits per heavy atom. The molecule has 0 aliphatic heterocycles. The smallest absolute Gasteiger partial charge is 0.137 e. The van der Waals surface area contributed by atoms with Crippen LogP contribution in [0.25, 0.3) is 0 Å². The van der Waals surface area contributed by atoms with Gasteiger partial charge in [-0.3, -0.25) is 0 Å². The molecule has 0 saturated heterocycles. The molecule has 0 radical (unpaired) electrons. The number of alkyl halides is 1. The number of aliphatic hydroxyl groups is 2. The van der Waals surface area contributed by atoms with Crippen molar-refractivity contribution in [2.24, 2.45) is 5.92 Å². The molecular formula is C25H31Cl2N3O4. The van der Waals surface area contributed by atoms with Crippen LogP contribution in [0.1, 0.15) is 37.6 Å². The first-order valence-electron chi connectivity index (χ1n) is 11.1. The molecule has 0 saturated carbocycles. The van der Waals surface area contributed by atoms with E-state index in [1.807, 2.05) is 49.4 Å². The summed E-state index contributed by atoms with van der Waals surface area (Å²) in [5.41, 5.74) is 2.40. The fraction of sp³-hybridized carbons (Fsp3) is 0.440. The minimum Gasteiger partial charge on any atom is -0.492 e. The van der Waals surface area contributed by atoms with Crippen LogP contribution in [0, 0.1) is 5.92 Å². The summed E-state index contributed by atoms with van der Waals surface area (Å²) in [6, 6.07) is 13.6. The SMILES string of the molecule is C[C@H](CCl)COc1ccc(C(C)(C)c2ccc(OC[C@@H](O)Cn3nncc3CO)cc2)cc1Cl. The molecule has 1 aromatic heterocycles. The molecular weight excluding hydrogens is 477 g/mol. The maximum absolute atomic E-state index is 10.2. The predicted octanol–water partition coefficient (Wildman–Crippen LogP) is 4.44. The zero-order valence-electron chi connectivity index (χ0n) is 19.6. The highest BCUT2D eigenvalue weighted by Gasteiger charge is 2.24. The summed E-state index contributed by atoms with van der Waals surface area (Å²) in [6.45, 7) is 6.89. The van der Waals surface area contributed by atoms with Gasteiger partial charge in [0.25, 0.3) is 0 Å². The molecule has 0 unspecified atom stereocenters. The van der Waals surface area contributed by atoms with Gasteiger partial charge in [-0.1, -0.05) is 55.8 Å². The van der Waals surface area contributed by atoms with E-state index in [-0.39, 0.29) is 31.1 Å². The fourth-order valence-corrected chi connectivity index (χ4v) is 3.74. The van der Waals surface area contributed by atoms with Gasteiger partial charge in [0.1, 0.15) is 24.2 Å². The molecule has 0 fully saturated rings. The molecule has 0 spiro atoms. The molecule has 2 aromatic carbocycles. The highest BCUT2D eigenvalue weighted by Crippen LogP contribution is 2.36. The Labute approximate surface area is 210 Å². The lowest BCUT2D eigenvalue weighted by atomic mass is 9.78. The van der Waals surface area contributed by atoms with E-state index in [1.165, 1.54) is 10.9 Å². The number of hydrogen-bond donors (Lipinski definition) is 2.